The second kappa shape index (κ2) is 4.59. The molecule has 5 atom stereocenters. The molecule has 0 saturated heterocycles. The number of hydrogen-bond donors (Lipinski definition) is 3. The van der Waals surface area contributed by atoms with E-state index < -0.39 is 0 Å². The van der Waals surface area contributed by atoms with Gasteiger partial charge in [-0.3, -0.25) is 0 Å². The highest BCUT2D eigenvalue weighted by Crippen LogP contribution is 2.54. The fourth-order valence-electron chi connectivity index (χ4n) is 4.95. The van der Waals surface area contributed by atoms with Gasteiger partial charge in [-0.15, -0.1) is 0 Å². The van der Waals surface area contributed by atoms with Crippen molar-refractivity contribution in [3.05, 3.63) is 35.7 Å². The van der Waals surface area contributed by atoms with E-state index in [1.165, 1.54) is 12.0 Å². The highest BCUT2D eigenvalue weighted by Gasteiger charge is 2.49. The van der Waals surface area contributed by atoms with Crippen LogP contribution in [-0.4, -0.2) is 27.2 Å². The van der Waals surface area contributed by atoms with E-state index in [4.69, 9.17) is 0 Å². The van der Waals surface area contributed by atoms with Gasteiger partial charge in [-0.25, -0.2) is 4.98 Å². The standard InChI is InChI=1S/C18H18N4O/c19-7-11-8-21-18-12(1-2-20-18)17(11)22-15-6-14-13-4-10(15)3-9(13)5-16(14)23/h1-2,6,8-10,13,15-16,23H,3-5H2,(H2,20,21,22)/t9?,10?,13?,15-,16-/m1/s1. The second-order valence-electron chi connectivity index (χ2n) is 7.08. The van der Waals surface area contributed by atoms with Gasteiger partial charge in [0, 0.05) is 23.8 Å². The Labute approximate surface area is 134 Å². The summed E-state index contributed by atoms with van der Waals surface area (Å²) < 4.78 is 0. The number of aromatic amines is 1. The predicted octanol–water partition coefficient (Wildman–Crippen LogP) is 2.56. The topological polar surface area (TPSA) is 84.7 Å². The molecule has 3 N–H and O–H groups in total. The molecule has 3 unspecified atom stereocenters. The van der Waals surface area contributed by atoms with E-state index in [2.05, 4.69) is 27.4 Å². The average molecular weight is 306 g/mol. The van der Waals surface area contributed by atoms with Crippen molar-refractivity contribution in [1.82, 2.24) is 9.97 Å². The zero-order valence-electron chi connectivity index (χ0n) is 12.7. The first kappa shape index (κ1) is 13.1. The number of hydrogen-bond acceptors (Lipinski definition) is 4. The number of aliphatic hydroxyl groups excluding tert-OH is 1. The number of pyridine rings is 1. The van der Waals surface area contributed by atoms with Crippen molar-refractivity contribution in [2.24, 2.45) is 17.8 Å². The van der Waals surface area contributed by atoms with E-state index in [-0.39, 0.29) is 12.1 Å². The van der Waals surface area contributed by atoms with Gasteiger partial charge in [-0.2, -0.15) is 5.26 Å². The lowest BCUT2D eigenvalue weighted by atomic mass is 9.85. The van der Waals surface area contributed by atoms with Crippen molar-refractivity contribution in [2.45, 2.75) is 31.4 Å². The number of rotatable bonds is 2. The third-order valence-corrected chi connectivity index (χ3v) is 5.97. The van der Waals surface area contributed by atoms with Crippen LogP contribution in [0.15, 0.2) is 30.1 Å². The lowest BCUT2D eigenvalue weighted by Crippen LogP contribution is -2.31. The highest BCUT2D eigenvalue weighted by atomic mass is 16.3. The first-order chi connectivity index (χ1) is 11.2. The molecule has 5 rings (SSSR count). The van der Waals surface area contributed by atoms with Crippen LogP contribution in [0.2, 0.25) is 0 Å². The van der Waals surface area contributed by atoms with E-state index >= 15 is 0 Å². The Balaban J connectivity index is 1.57. The molecule has 2 fully saturated rings. The van der Waals surface area contributed by atoms with Gasteiger partial charge < -0.3 is 15.4 Å². The Morgan fingerprint density at radius 3 is 3.09 bits per heavy atom. The van der Waals surface area contributed by atoms with Gasteiger partial charge in [0.25, 0.3) is 0 Å². The van der Waals surface area contributed by atoms with Crippen LogP contribution in [0.25, 0.3) is 11.0 Å². The fourth-order valence-corrected chi connectivity index (χ4v) is 4.95. The summed E-state index contributed by atoms with van der Waals surface area (Å²) in [7, 11) is 0. The molecule has 2 aromatic heterocycles. The van der Waals surface area contributed by atoms with Gasteiger partial charge in [0.1, 0.15) is 11.7 Å². The van der Waals surface area contributed by atoms with Gasteiger partial charge in [0.2, 0.25) is 0 Å². The highest BCUT2D eigenvalue weighted by molar-refractivity contribution is 5.92. The van der Waals surface area contributed by atoms with Crippen molar-refractivity contribution in [3.63, 3.8) is 0 Å². The van der Waals surface area contributed by atoms with Gasteiger partial charge >= 0.3 is 0 Å². The molecule has 2 aromatic rings. The number of nitriles is 1. The number of H-pyrrole nitrogens is 1. The predicted molar refractivity (Wildman–Crippen MR) is 86.6 cm³/mol. The molecule has 3 aliphatic carbocycles. The van der Waals surface area contributed by atoms with Crippen LogP contribution < -0.4 is 5.32 Å². The molecule has 116 valence electrons. The normalized spacial score (nSPS) is 34.4. The maximum Gasteiger partial charge on any atom is 0.139 e. The van der Waals surface area contributed by atoms with Crippen molar-refractivity contribution in [1.29, 1.82) is 5.26 Å². The molecule has 2 bridgehead atoms. The van der Waals surface area contributed by atoms with E-state index in [1.54, 1.807) is 6.20 Å². The smallest absolute Gasteiger partial charge is 0.139 e. The molecular formula is C18H18N4O. The Kier molecular flexibility index (Phi) is 2.62. The minimum atomic E-state index is -0.268. The van der Waals surface area contributed by atoms with Crippen LogP contribution in [0.1, 0.15) is 24.8 Å². The maximum absolute atomic E-state index is 10.3. The average Bonchev–Trinajstić information content (AvgIpc) is 3.21. The van der Waals surface area contributed by atoms with Crippen molar-refractivity contribution in [3.8, 4) is 6.07 Å². The first-order valence-electron chi connectivity index (χ1n) is 8.27. The fraction of sp³-hybridized carbons (Fsp3) is 0.444. The summed E-state index contributed by atoms with van der Waals surface area (Å²) in [4.78, 5) is 7.39. The summed E-state index contributed by atoms with van der Waals surface area (Å²) in [5.74, 6) is 1.83. The summed E-state index contributed by atoms with van der Waals surface area (Å²) >= 11 is 0. The Morgan fingerprint density at radius 2 is 2.22 bits per heavy atom. The molecule has 2 saturated carbocycles. The largest absolute Gasteiger partial charge is 0.389 e. The van der Waals surface area contributed by atoms with Crippen molar-refractivity contribution in [2.75, 3.05) is 5.32 Å². The van der Waals surface area contributed by atoms with Crippen LogP contribution in [0.4, 0.5) is 5.69 Å². The summed E-state index contributed by atoms with van der Waals surface area (Å²) in [5, 5.41) is 24.3. The minimum absolute atomic E-state index is 0.189. The molecule has 0 aromatic carbocycles. The maximum atomic E-state index is 10.3. The number of anilines is 1. The Morgan fingerprint density at radius 1 is 1.30 bits per heavy atom. The van der Waals surface area contributed by atoms with Crippen LogP contribution in [0.3, 0.4) is 0 Å². The summed E-state index contributed by atoms with van der Waals surface area (Å²) in [6, 6.07) is 4.39. The number of nitrogens with one attached hydrogen (secondary N) is 2. The van der Waals surface area contributed by atoms with E-state index in [0.29, 0.717) is 23.3 Å². The number of aromatic nitrogens is 2. The molecule has 3 aliphatic rings. The van der Waals surface area contributed by atoms with Crippen molar-refractivity contribution >= 4 is 16.7 Å². The zero-order chi connectivity index (χ0) is 15.6. The van der Waals surface area contributed by atoms with E-state index in [0.717, 1.165) is 29.6 Å². The summed E-state index contributed by atoms with van der Waals surface area (Å²) in [5.41, 5.74) is 3.44. The monoisotopic (exact) mass is 306 g/mol. The first-order valence-corrected chi connectivity index (χ1v) is 8.27. The quantitative estimate of drug-likeness (QED) is 0.744. The van der Waals surface area contributed by atoms with Crippen LogP contribution in [0, 0.1) is 29.1 Å². The van der Waals surface area contributed by atoms with Gasteiger partial charge in [0.05, 0.1) is 17.4 Å². The summed E-state index contributed by atoms with van der Waals surface area (Å²) in [6.07, 6.45) is 8.69. The molecule has 0 amide bonds. The summed E-state index contributed by atoms with van der Waals surface area (Å²) in [6.45, 7) is 0. The van der Waals surface area contributed by atoms with Gasteiger partial charge in [-0.05, 0) is 48.7 Å². The molecule has 2 heterocycles. The SMILES string of the molecule is N#Cc1cnc2[nH]ccc2c1N[C@@H]1C=C2C3CC1CC3C[C@H]2O. The zero-order valence-corrected chi connectivity index (χ0v) is 12.7. The van der Waals surface area contributed by atoms with Crippen LogP contribution in [0.5, 0.6) is 0 Å². The number of fused-ring (bicyclic) bond motifs is 2. The molecule has 0 radical (unpaired) electrons. The third kappa shape index (κ3) is 1.79. The molecule has 23 heavy (non-hydrogen) atoms. The molecule has 0 spiro atoms. The lowest BCUT2D eigenvalue weighted by molar-refractivity contribution is 0.198. The van der Waals surface area contributed by atoms with E-state index in [1.807, 2.05) is 12.3 Å². The van der Waals surface area contributed by atoms with E-state index in [9.17, 15) is 10.4 Å². The number of aliphatic hydroxyl groups is 1. The Bertz CT molecular complexity index is 862. The molecule has 0 aliphatic heterocycles. The third-order valence-electron chi connectivity index (χ3n) is 5.97. The molecular weight excluding hydrogens is 288 g/mol. The minimum Gasteiger partial charge on any atom is -0.389 e. The molecule has 5 nitrogen and oxygen atoms in total. The number of nitrogens with zero attached hydrogens (tertiary/aromatic N) is 2. The van der Waals surface area contributed by atoms with Crippen LogP contribution in [-0.2, 0) is 0 Å². The van der Waals surface area contributed by atoms with Crippen LogP contribution >= 0.6 is 0 Å². The second-order valence-corrected chi connectivity index (χ2v) is 7.08. The lowest BCUT2D eigenvalue weighted by Gasteiger charge is -2.30. The van der Waals surface area contributed by atoms with Crippen molar-refractivity contribution < 1.29 is 5.11 Å². The Hall–Kier alpha value is -2.32. The van der Waals surface area contributed by atoms with Gasteiger partial charge in [-0.1, -0.05) is 6.08 Å². The van der Waals surface area contributed by atoms with Gasteiger partial charge in [0.15, 0.2) is 0 Å². The molecule has 5 heteroatoms.